The average Bonchev–Trinajstić information content (AvgIpc) is 2.05. The van der Waals surface area contributed by atoms with E-state index in [1.54, 1.807) is 25.3 Å². The lowest BCUT2D eigenvalue weighted by Crippen LogP contribution is -2.10. The minimum absolute atomic E-state index is 0. The van der Waals surface area contributed by atoms with Crippen LogP contribution in [0.1, 0.15) is 5.56 Å². The summed E-state index contributed by atoms with van der Waals surface area (Å²) in [5, 5.41) is 7.13. The summed E-state index contributed by atoms with van der Waals surface area (Å²) in [6.07, 6.45) is 0. The van der Waals surface area contributed by atoms with Gasteiger partial charge in [0.1, 0.15) is 11.6 Å². The van der Waals surface area contributed by atoms with E-state index >= 15 is 0 Å². The molecule has 0 atom stereocenters. The molecule has 12 heavy (non-hydrogen) atoms. The number of nitrogens with one attached hydrogen (secondary N) is 1. The topological polar surface area (TPSA) is 59.1 Å². The number of benzene rings is 1. The van der Waals surface area contributed by atoms with E-state index in [4.69, 9.17) is 15.9 Å². The molecule has 0 saturated heterocycles. The highest BCUT2D eigenvalue weighted by Gasteiger charge is 1.96. The fraction of sp³-hybridized carbons (Fsp3) is 0.125. The summed E-state index contributed by atoms with van der Waals surface area (Å²) in [4.78, 5) is 0. The molecule has 4 heteroatoms. The molecule has 0 fully saturated rings. The van der Waals surface area contributed by atoms with Crippen molar-refractivity contribution in [1.82, 2.24) is 0 Å². The van der Waals surface area contributed by atoms with Crippen LogP contribution >= 0.6 is 12.4 Å². The zero-order chi connectivity index (χ0) is 8.27. The van der Waals surface area contributed by atoms with Gasteiger partial charge in [-0.25, -0.2) is 0 Å². The lowest BCUT2D eigenvalue weighted by molar-refractivity contribution is 0.414. The number of hydrogen-bond acceptors (Lipinski definition) is 2. The van der Waals surface area contributed by atoms with E-state index in [0.29, 0.717) is 5.56 Å². The molecule has 1 aromatic carbocycles. The van der Waals surface area contributed by atoms with E-state index in [1.807, 2.05) is 6.07 Å². The number of methoxy groups -OCH3 is 1. The van der Waals surface area contributed by atoms with E-state index in [2.05, 4.69) is 0 Å². The van der Waals surface area contributed by atoms with Crippen LogP contribution in [-0.4, -0.2) is 12.9 Å². The van der Waals surface area contributed by atoms with Crippen LogP contribution in [0.3, 0.4) is 0 Å². The van der Waals surface area contributed by atoms with Crippen LogP contribution in [-0.2, 0) is 0 Å². The first-order chi connectivity index (χ1) is 5.24. The van der Waals surface area contributed by atoms with Gasteiger partial charge in [-0.05, 0) is 12.1 Å². The second kappa shape index (κ2) is 4.62. The van der Waals surface area contributed by atoms with Crippen molar-refractivity contribution in [2.75, 3.05) is 7.11 Å². The number of halogens is 1. The lowest BCUT2D eigenvalue weighted by Gasteiger charge is -2.01. The summed E-state index contributed by atoms with van der Waals surface area (Å²) in [6.45, 7) is 0. The Labute approximate surface area is 77.5 Å². The predicted octanol–water partition coefficient (Wildman–Crippen LogP) is 1.40. The van der Waals surface area contributed by atoms with Crippen molar-refractivity contribution in [3.05, 3.63) is 29.8 Å². The molecule has 0 spiro atoms. The molecule has 0 heterocycles. The Balaban J connectivity index is 0.00000121. The molecule has 0 bridgehead atoms. The standard InChI is InChI=1S/C8H10N2O.ClH/c1-11-7-4-2-3-6(5-7)8(9)10;/h2-5H,1H3,(H3,9,10);1H. The largest absolute Gasteiger partial charge is 0.497 e. The Morgan fingerprint density at radius 1 is 1.50 bits per heavy atom. The van der Waals surface area contributed by atoms with Crippen LogP contribution in [0.25, 0.3) is 0 Å². The van der Waals surface area contributed by atoms with E-state index in [-0.39, 0.29) is 18.2 Å². The van der Waals surface area contributed by atoms with Crippen LogP contribution in [0.2, 0.25) is 0 Å². The average molecular weight is 187 g/mol. The van der Waals surface area contributed by atoms with Gasteiger partial charge >= 0.3 is 0 Å². The van der Waals surface area contributed by atoms with E-state index in [0.717, 1.165) is 5.75 Å². The third-order valence-electron chi connectivity index (χ3n) is 1.38. The fourth-order valence-corrected chi connectivity index (χ4v) is 0.791. The highest BCUT2D eigenvalue weighted by atomic mass is 35.5. The van der Waals surface area contributed by atoms with Crippen LogP contribution in [0.15, 0.2) is 24.3 Å². The van der Waals surface area contributed by atoms with Gasteiger partial charge in [-0.3, -0.25) is 5.41 Å². The quantitative estimate of drug-likeness (QED) is 0.542. The molecule has 3 nitrogen and oxygen atoms in total. The molecule has 0 aromatic heterocycles. The van der Waals surface area contributed by atoms with Crippen molar-refractivity contribution in [2.24, 2.45) is 5.73 Å². The second-order valence-corrected chi connectivity index (χ2v) is 2.15. The zero-order valence-corrected chi connectivity index (χ0v) is 7.52. The molecule has 0 amide bonds. The Bertz CT molecular complexity index is 276. The molecule has 0 saturated carbocycles. The van der Waals surface area contributed by atoms with Crippen LogP contribution in [0.5, 0.6) is 5.75 Å². The fourth-order valence-electron chi connectivity index (χ4n) is 0.791. The molecule has 1 rings (SSSR count). The maximum Gasteiger partial charge on any atom is 0.122 e. The maximum atomic E-state index is 7.13. The molecule has 1 aromatic rings. The number of ether oxygens (including phenoxy) is 1. The van der Waals surface area contributed by atoms with Gasteiger partial charge in [-0.1, -0.05) is 12.1 Å². The van der Waals surface area contributed by atoms with Crippen molar-refractivity contribution >= 4 is 18.2 Å². The minimum atomic E-state index is 0. The van der Waals surface area contributed by atoms with Crippen LogP contribution in [0, 0.1) is 5.41 Å². The van der Waals surface area contributed by atoms with Gasteiger partial charge in [-0.15, -0.1) is 12.4 Å². The highest BCUT2D eigenvalue weighted by molar-refractivity contribution is 5.95. The monoisotopic (exact) mass is 186 g/mol. The summed E-state index contributed by atoms with van der Waals surface area (Å²) in [5.41, 5.74) is 5.95. The summed E-state index contributed by atoms with van der Waals surface area (Å²) in [5.74, 6) is 0.779. The summed E-state index contributed by atoms with van der Waals surface area (Å²) in [7, 11) is 1.58. The molecule has 0 aliphatic heterocycles. The summed E-state index contributed by atoms with van der Waals surface area (Å²) < 4.78 is 4.95. The van der Waals surface area contributed by atoms with Crippen LogP contribution in [0.4, 0.5) is 0 Å². The first kappa shape index (κ1) is 10.8. The van der Waals surface area contributed by atoms with E-state index < -0.39 is 0 Å². The van der Waals surface area contributed by atoms with Gasteiger partial charge in [0.05, 0.1) is 7.11 Å². The van der Waals surface area contributed by atoms with Crippen molar-refractivity contribution < 1.29 is 4.74 Å². The van der Waals surface area contributed by atoms with E-state index in [9.17, 15) is 0 Å². The van der Waals surface area contributed by atoms with Gasteiger partial charge in [0.25, 0.3) is 0 Å². The van der Waals surface area contributed by atoms with Gasteiger partial charge in [0.15, 0.2) is 0 Å². The van der Waals surface area contributed by atoms with Gasteiger partial charge in [0, 0.05) is 5.56 Å². The number of rotatable bonds is 2. The molecule has 0 unspecified atom stereocenters. The molecule has 66 valence electrons. The maximum absolute atomic E-state index is 7.13. The third kappa shape index (κ3) is 2.43. The number of hydrogen-bond donors (Lipinski definition) is 2. The molecular formula is C8H11ClN2O. The molecular weight excluding hydrogens is 176 g/mol. The predicted molar refractivity (Wildman–Crippen MR) is 51.3 cm³/mol. The normalized spacial score (nSPS) is 8.42. The lowest BCUT2D eigenvalue weighted by atomic mass is 10.2. The second-order valence-electron chi connectivity index (χ2n) is 2.15. The smallest absolute Gasteiger partial charge is 0.122 e. The van der Waals surface area contributed by atoms with Crippen molar-refractivity contribution in [2.45, 2.75) is 0 Å². The Morgan fingerprint density at radius 3 is 2.67 bits per heavy atom. The Morgan fingerprint density at radius 2 is 2.17 bits per heavy atom. The van der Waals surface area contributed by atoms with Gasteiger partial charge in [0.2, 0.25) is 0 Å². The SMILES string of the molecule is COc1cccc(C(=N)N)c1.Cl. The highest BCUT2D eigenvalue weighted by Crippen LogP contribution is 2.11. The van der Waals surface area contributed by atoms with Gasteiger partial charge in [-0.2, -0.15) is 0 Å². The molecule has 0 aliphatic rings. The van der Waals surface area contributed by atoms with Crippen molar-refractivity contribution in [3.63, 3.8) is 0 Å². The summed E-state index contributed by atoms with van der Waals surface area (Å²) in [6, 6.07) is 7.11. The molecule has 0 radical (unpaired) electrons. The molecule has 0 aliphatic carbocycles. The van der Waals surface area contributed by atoms with Crippen molar-refractivity contribution in [3.8, 4) is 5.75 Å². The van der Waals surface area contributed by atoms with E-state index in [1.165, 1.54) is 0 Å². The molecule has 3 N–H and O–H groups in total. The zero-order valence-electron chi connectivity index (χ0n) is 6.70. The number of nitrogens with two attached hydrogens (primary N) is 1. The minimum Gasteiger partial charge on any atom is -0.497 e. The Hall–Kier alpha value is -1.22. The number of nitrogen functional groups attached to an aromatic ring is 1. The van der Waals surface area contributed by atoms with Gasteiger partial charge < -0.3 is 10.5 Å². The Kier molecular flexibility index (Phi) is 4.15. The third-order valence-corrected chi connectivity index (χ3v) is 1.38. The van der Waals surface area contributed by atoms with Crippen molar-refractivity contribution in [1.29, 1.82) is 5.41 Å². The first-order valence-corrected chi connectivity index (χ1v) is 3.22. The summed E-state index contributed by atoms with van der Waals surface area (Å²) >= 11 is 0. The first-order valence-electron chi connectivity index (χ1n) is 3.22. The number of amidine groups is 1. The van der Waals surface area contributed by atoms with Crippen LogP contribution < -0.4 is 10.5 Å².